The second-order valence-corrected chi connectivity index (χ2v) is 19.4. The van der Waals surface area contributed by atoms with Gasteiger partial charge in [0.05, 0.1) is 27.4 Å². The SMILES string of the molecule is CC[C@]12C=CCN3CC[C@@]4(c5cc([C@@]6(C(=O)OC)C[C@@H]7CN(CCCc8c6[nH]c6ccccc86)C[C@H]6CCCC[C@H]67)c(OC)cc5N(C)[C@H]4[C@@](O)(C(=O)OC)[C@@H]1OC(C)=O)[C@@H]32. The summed E-state index contributed by atoms with van der Waals surface area (Å²) in [5.41, 5.74) is 0.0712. The van der Waals surface area contributed by atoms with E-state index in [1.165, 1.54) is 40.4 Å². The normalized spacial score (nSPS) is 37.4. The molecule has 0 amide bonds. The van der Waals surface area contributed by atoms with Gasteiger partial charge in [-0.1, -0.05) is 50.1 Å². The summed E-state index contributed by atoms with van der Waals surface area (Å²) < 4.78 is 24.3. The number of carbonyl (C=O) groups is 3. The first-order chi connectivity index (χ1) is 29.4. The molecule has 2 aliphatic carbocycles. The van der Waals surface area contributed by atoms with Crippen molar-refractivity contribution in [1.29, 1.82) is 0 Å². The molecule has 2 N–H and O–H groups in total. The molecule has 1 aromatic heterocycles. The quantitative estimate of drug-likeness (QED) is 0.181. The summed E-state index contributed by atoms with van der Waals surface area (Å²) in [6.45, 7) is 7.79. The zero-order valence-corrected chi connectivity index (χ0v) is 36.6. The molecule has 61 heavy (non-hydrogen) atoms. The van der Waals surface area contributed by atoms with E-state index < -0.39 is 45.9 Å². The topological polar surface area (TPSA) is 134 Å². The van der Waals surface area contributed by atoms with Crippen LogP contribution in [0.4, 0.5) is 5.69 Å². The molecule has 7 aliphatic rings. The highest BCUT2D eigenvalue weighted by atomic mass is 16.6. The molecular formula is C49H62N4O8. The standard InChI is InChI=1S/C49H62N4O8/c1-7-46-19-13-22-53-23-20-47(41(46)53)35-24-36(39(58-4)25-38(35)51(3)42(47)49(57,45(56)60-6)43(46)61-29(2)54)48(44(55)59-5)26-31-28-52(27-30-14-8-9-15-32(30)31)21-12-17-34-33-16-10-11-18-37(33)50-40(34)48/h10-11,13,16,18-19,24-25,30-32,41-43,50,57H,7-9,12,14-15,17,20-23,26-28H2,1-6H3/t30-,31-,32-,41+,42-,43-,46-,47-,48+,49+/m1/s1. The number of nitrogens with one attached hydrogen (secondary N) is 1. The first-order valence-corrected chi connectivity index (χ1v) is 22.7. The number of hydrogen-bond donors (Lipinski definition) is 2. The Labute approximate surface area is 358 Å². The van der Waals surface area contributed by atoms with E-state index in [-0.39, 0.29) is 17.9 Å². The van der Waals surface area contributed by atoms with Crippen LogP contribution >= 0.6 is 0 Å². The number of piperidine rings is 1. The van der Waals surface area contributed by atoms with Crippen LogP contribution in [0.1, 0.15) is 87.6 Å². The van der Waals surface area contributed by atoms with Gasteiger partial charge in [-0.2, -0.15) is 0 Å². The van der Waals surface area contributed by atoms with Crippen molar-refractivity contribution in [3.63, 3.8) is 0 Å². The lowest BCUT2D eigenvalue weighted by Gasteiger charge is -2.63. The van der Waals surface area contributed by atoms with Crippen LogP contribution in [0.2, 0.25) is 0 Å². The van der Waals surface area contributed by atoms with Crippen LogP contribution < -0.4 is 9.64 Å². The second kappa shape index (κ2) is 14.6. The van der Waals surface area contributed by atoms with E-state index in [2.05, 4.69) is 51.2 Å². The highest BCUT2D eigenvalue weighted by Gasteiger charge is 2.80. The van der Waals surface area contributed by atoms with Crippen LogP contribution in [0.15, 0.2) is 48.6 Å². The van der Waals surface area contributed by atoms with Crippen LogP contribution in [-0.4, -0.2) is 123 Å². The minimum Gasteiger partial charge on any atom is -0.496 e. The van der Waals surface area contributed by atoms with Gasteiger partial charge in [-0.15, -0.1) is 0 Å². The fraction of sp³-hybridized carbons (Fsp3) is 0.612. The number of aryl methyl sites for hydroxylation is 1. The summed E-state index contributed by atoms with van der Waals surface area (Å²) in [6.07, 6.45) is 11.1. The van der Waals surface area contributed by atoms with Crippen molar-refractivity contribution >= 4 is 34.5 Å². The molecule has 1 unspecified atom stereocenters. The summed E-state index contributed by atoms with van der Waals surface area (Å²) in [5.74, 6) is 0.0561. The van der Waals surface area contributed by atoms with Crippen LogP contribution in [-0.2, 0) is 45.8 Å². The van der Waals surface area contributed by atoms with E-state index in [4.69, 9.17) is 18.9 Å². The number of nitrogens with zero attached hydrogens (tertiary/aromatic N) is 3. The third kappa shape index (κ3) is 5.36. The molecule has 326 valence electrons. The van der Waals surface area contributed by atoms with Crippen molar-refractivity contribution in [3.8, 4) is 5.75 Å². The number of benzene rings is 2. The molecule has 3 aromatic rings. The molecule has 2 saturated heterocycles. The van der Waals surface area contributed by atoms with Gasteiger partial charge in [-0.3, -0.25) is 14.5 Å². The number of para-hydroxylation sites is 1. The predicted molar refractivity (Wildman–Crippen MR) is 231 cm³/mol. The number of rotatable bonds is 6. The number of carbonyl (C=O) groups excluding carboxylic acids is 3. The van der Waals surface area contributed by atoms with Gasteiger partial charge in [0.2, 0.25) is 5.60 Å². The first-order valence-electron chi connectivity index (χ1n) is 22.7. The number of fused-ring (bicyclic) bond motifs is 8. The van der Waals surface area contributed by atoms with Crippen LogP contribution in [0.3, 0.4) is 0 Å². The predicted octanol–water partition coefficient (Wildman–Crippen LogP) is 5.66. The molecule has 10 rings (SSSR count). The number of anilines is 1. The number of likely N-dealkylation sites (N-methyl/N-ethyl adjacent to an activating group) is 1. The molecule has 6 heterocycles. The van der Waals surface area contributed by atoms with Crippen molar-refractivity contribution in [2.75, 3.05) is 66.0 Å². The van der Waals surface area contributed by atoms with Crippen molar-refractivity contribution < 1.29 is 38.4 Å². The number of aliphatic hydroxyl groups is 1. The first kappa shape index (κ1) is 40.7. The van der Waals surface area contributed by atoms with Gasteiger partial charge in [-0.05, 0) is 99.0 Å². The highest BCUT2D eigenvalue weighted by Crippen LogP contribution is 2.68. The van der Waals surface area contributed by atoms with E-state index in [0.29, 0.717) is 49.9 Å². The molecule has 11 atom stereocenters. The molecule has 2 saturated carbocycles. The van der Waals surface area contributed by atoms with Gasteiger partial charge in [0.25, 0.3) is 0 Å². The van der Waals surface area contributed by atoms with E-state index in [0.717, 1.165) is 77.9 Å². The lowest BCUT2D eigenvalue weighted by atomic mass is 9.47. The average molecular weight is 835 g/mol. The number of ether oxygens (including phenoxy) is 4. The summed E-state index contributed by atoms with van der Waals surface area (Å²) >= 11 is 0. The molecule has 2 aromatic carbocycles. The molecule has 2 bridgehead atoms. The van der Waals surface area contributed by atoms with Gasteiger partial charge in [0.15, 0.2) is 6.10 Å². The molecule has 12 nitrogen and oxygen atoms in total. The van der Waals surface area contributed by atoms with E-state index >= 15 is 4.79 Å². The third-order valence-corrected chi connectivity index (χ3v) is 17.0. The van der Waals surface area contributed by atoms with E-state index in [1.54, 1.807) is 7.11 Å². The maximum atomic E-state index is 15.6. The van der Waals surface area contributed by atoms with Gasteiger partial charge >= 0.3 is 17.9 Å². The number of methoxy groups -OCH3 is 3. The lowest BCUT2D eigenvalue weighted by molar-refractivity contribution is -0.228. The van der Waals surface area contributed by atoms with Crippen molar-refractivity contribution in [2.24, 2.45) is 23.2 Å². The van der Waals surface area contributed by atoms with Crippen molar-refractivity contribution in [2.45, 2.75) is 106 Å². The fourth-order valence-corrected chi connectivity index (χ4v) is 15.0. The van der Waals surface area contributed by atoms with Crippen LogP contribution in [0.25, 0.3) is 10.9 Å². The second-order valence-electron chi connectivity index (χ2n) is 19.4. The maximum absolute atomic E-state index is 15.6. The Kier molecular flexibility index (Phi) is 9.73. The maximum Gasteiger partial charge on any atom is 0.344 e. The molecule has 1 spiro atoms. The summed E-state index contributed by atoms with van der Waals surface area (Å²) in [6, 6.07) is 11.5. The van der Waals surface area contributed by atoms with Gasteiger partial charge in [0.1, 0.15) is 11.2 Å². The number of H-pyrrole nitrogens is 1. The molecule has 12 heteroatoms. The van der Waals surface area contributed by atoms with Crippen molar-refractivity contribution in [3.05, 3.63) is 70.9 Å². The minimum absolute atomic E-state index is 0.212. The number of aromatic nitrogens is 1. The largest absolute Gasteiger partial charge is 0.496 e. The van der Waals surface area contributed by atoms with Gasteiger partial charge in [0, 0.05) is 84.4 Å². The Morgan fingerprint density at radius 2 is 1.70 bits per heavy atom. The molecule has 4 fully saturated rings. The Morgan fingerprint density at radius 3 is 2.46 bits per heavy atom. The van der Waals surface area contributed by atoms with E-state index in [9.17, 15) is 14.7 Å². The monoisotopic (exact) mass is 834 g/mol. The number of esters is 3. The van der Waals surface area contributed by atoms with Gasteiger partial charge < -0.3 is 38.8 Å². The summed E-state index contributed by atoms with van der Waals surface area (Å²) in [7, 11) is 6.36. The average Bonchev–Trinajstić information content (AvgIpc) is 3.93. The van der Waals surface area contributed by atoms with Crippen LogP contribution in [0, 0.1) is 23.2 Å². The number of hydrogen-bond acceptors (Lipinski definition) is 11. The molecular weight excluding hydrogens is 773 g/mol. The Balaban J connectivity index is 1.28. The summed E-state index contributed by atoms with van der Waals surface area (Å²) in [5, 5.41) is 14.5. The van der Waals surface area contributed by atoms with Crippen LogP contribution in [0.5, 0.6) is 5.75 Å². The zero-order valence-electron chi connectivity index (χ0n) is 36.6. The number of aromatic amines is 1. The Hall–Kier alpha value is -4.39. The molecule has 0 radical (unpaired) electrons. The third-order valence-electron chi connectivity index (χ3n) is 17.0. The minimum atomic E-state index is -2.27. The summed E-state index contributed by atoms with van der Waals surface area (Å²) in [4.78, 5) is 54.1. The van der Waals surface area contributed by atoms with Gasteiger partial charge in [-0.25, -0.2) is 4.79 Å². The molecule has 5 aliphatic heterocycles. The van der Waals surface area contributed by atoms with Crippen molar-refractivity contribution in [1.82, 2.24) is 14.8 Å². The Bertz CT molecular complexity index is 2310. The van der Waals surface area contributed by atoms with E-state index in [1.807, 2.05) is 31.0 Å². The Morgan fingerprint density at radius 1 is 0.934 bits per heavy atom. The smallest absolute Gasteiger partial charge is 0.344 e. The highest BCUT2D eigenvalue weighted by molar-refractivity contribution is 5.95. The zero-order chi connectivity index (χ0) is 42.6. The fourth-order valence-electron chi connectivity index (χ4n) is 15.0. The lowest BCUT2D eigenvalue weighted by Crippen LogP contribution is -2.81.